The van der Waals surface area contributed by atoms with Crippen LogP contribution >= 0.6 is 0 Å². The second kappa shape index (κ2) is 11.7. The zero-order chi connectivity index (χ0) is 25.7. The van der Waals surface area contributed by atoms with Gasteiger partial charge in [0.15, 0.2) is 0 Å². The minimum Gasteiger partial charge on any atom is -0.481 e. The molecule has 3 N–H and O–H groups in total. The van der Waals surface area contributed by atoms with Crippen LogP contribution in [0, 0.1) is 11.7 Å². The van der Waals surface area contributed by atoms with Gasteiger partial charge in [-0.2, -0.15) is 0 Å². The number of nitrogens with zero attached hydrogens (tertiary/aromatic N) is 1. The molecular formula is C27H38FN3O4. The topological polar surface area (TPSA) is 100 Å². The van der Waals surface area contributed by atoms with E-state index >= 15 is 4.39 Å². The summed E-state index contributed by atoms with van der Waals surface area (Å²) in [4.78, 5) is 37.8. The van der Waals surface area contributed by atoms with Crippen LogP contribution < -0.4 is 16.1 Å². The summed E-state index contributed by atoms with van der Waals surface area (Å²) < 4.78 is 17.1. The van der Waals surface area contributed by atoms with E-state index in [0.29, 0.717) is 11.2 Å². The predicted molar refractivity (Wildman–Crippen MR) is 137 cm³/mol. The summed E-state index contributed by atoms with van der Waals surface area (Å²) in [6, 6.07) is 2.52. The lowest BCUT2D eigenvalue weighted by Gasteiger charge is -2.26. The molecule has 35 heavy (non-hydrogen) atoms. The van der Waals surface area contributed by atoms with Crippen LogP contribution in [0.3, 0.4) is 0 Å². The Morgan fingerprint density at radius 1 is 1.14 bits per heavy atom. The largest absolute Gasteiger partial charge is 0.481 e. The van der Waals surface area contributed by atoms with E-state index in [2.05, 4.69) is 10.6 Å². The lowest BCUT2D eigenvalue weighted by atomic mass is 9.95. The third-order valence-corrected chi connectivity index (χ3v) is 7.18. The van der Waals surface area contributed by atoms with Crippen molar-refractivity contribution in [3.8, 4) is 0 Å². The summed E-state index contributed by atoms with van der Waals surface area (Å²) >= 11 is 0. The SMILES string of the molecule is CCC(CC)n1cc(C(=O)NC(CC(=O)O)C(C)C)c(=O)c2cc(F)c(NC3CCCCC3)cc21. The van der Waals surface area contributed by atoms with Crippen LogP contribution in [-0.4, -0.2) is 33.6 Å². The number of benzene rings is 1. The number of pyridine rings is 1. The van der Waals surface area contributed by atoms with Gasteiger partial charge in [0.25, 0.3) is 5.91 Å². The van der Waals surface area contributed by atoms with Crippen molar-refractivity contribution in [3.63, 3.8) is 0 Å². The number of anilines is 1. The highest BCUT2D eigenvalue weighted by molar-refractivity contribution is 5.98. The predicted octanol–water partition coefficient (Wildman–Crippen LogP) is 5.48. The Morgan fingerprint density at radius 2 is 1.80 bits per heavy atom. The molecule has 0 radical (unpaired) electrons. The lowest BCUT2D eigenvalue weighted by molar-refractivity contribution is -0.137. The highest BCUT2D eigenvalue weighted by atomic mass is 19.1. The molecule has 1 fully saturated rings. The van der Waals surface area contributed by atoms with Crippen molar-refractivity contribution in [2.75, 3.05) is 5.32 Å². The van der Waals surface area contributed by atoms with E-state index in [-0.39, 0.29) is 35.4 Å². The fourth-order valence-electron chi connectivity index (χ4n) is 4.98. The Kier molecular flexibility index (Phi) is 8.92. The fourth-order valence-corrected chi connectivity index (χ4v) is 4.98. The molecule has 0 bridgehead atoms. The summed E-state index contributed by atoms with van der Waals surface area (Å²) in [5.41, 5.74) is 0.307. The highest BCUT2D eigenvalue weighted by Crippen LogP contribution is 2.29. The Balaban J connectivity index is 2.09. The number of fused-ring (bicyclic) bond motifs is 1. The first kappa shape index (κ1) is 26.7. The average Bonchev–Trinajstić information content (AvgIpc) is 2.82. The number of amides is 1. The van der Waals surface area contributed by atoms with E-state index in [1.165, 1.54) is 12.5 Å². The molecule has 1 heterocycles. The first-order valence-electron chi connectivity index (χ1n) is 12.8. The molecule has 1 aliphatic carbocycles. The van der Waals surface area contributed by atoms with Crippen LogP contribution in [0.5, 0.6) is 0 Å². The minimum atomic E-state index is -1.03. The van der Waals surface area contributed by atoms with Gasteiger partial charge in [-0.05, 0) is 43.7 Å². The molecule has 8 heteroatoms. The third kappa shape index (κ3) is 6.21. The summed E-state index contributed by atoms with van der Waals surface area (Å²) in [5, 5.41) is 15.4. The average molecular weight is 488 g/mol. The Morgan fingerprint density at radius 3 is 2.37 bits per heavy atom. The van der Waals surface area contributed by atoms with Crippen molar-refractivity contribution in [2.24, 2.45) is 5.92 Å². The zero-order valence-corrected chi connectivity index (χ0v) is 21.2. The molecule has 1 unspecified atom stereocenters. The minimum absolute atomic E-state index is 0.0116. The van der Waals surface area contributed by atoms with E-state index < -0.39 is 29.2 Å². The van der Waals surface area contributed by atoms with Crippen molar-refractivity contribution >= 4 is 28.5 Å². The van der Waals surface area contributed by atoms with E-state index in [4.69, 9.17) is 0 Å². The maximum Gasteiger partial charge on any atom is 0.305 e. The standard InChI is InChI=1S/C27H38FN3O4/c1-5-18(6-2)31-15-20(27(35)30-22(16(3)4)14-25(32)33)26(34)19-12-21(28)23(13-24(19)31)29-17-10-8-7-9-11-17/h12-13,15-18,22,29H,5-11,14H2,1-4H3,(H,30,35)(H,32,33). The Hall–Kier alpha value is -2.90. The number of hydrogen-bond donors (Lipinski definition) is 3. The van der Waals surface area contributed by atoms with Crippen LogP contribution in [0.25, 0.3) is 10.9 Å². The molecule has 3 rings (SSSR count). The van der Waals surface area contributed by atoms with Crippen molar-refractivity contribution in [2.45, 2.75) is 97.2 Å². The van der Waals surface area contributed by atoms with Crippen molar-refractivity contribution in [3.05, 3.63) is 39.9 Å². The smallest absolute Gasteiger partial charge is 0.305 e. The normalized spacial score (nSPS) is 15.5. The van der Waals surface area contributed by atoms with Gasteiger partial charge in [0.1, 0.15) is 11.4 Å². The zero-order valence-electron chi connectivity index (χ0n) is 21.2. The van der Waals surface area contributed by atoms with Gasteiger partial charge in [0, 0.05) is 29.7 Å². The molecule has 0 spiro atoms. The number of aromatic nitrogens is 1. The maximum absolute atomic E-state index is 15.2. The fraction of sp³-hybridized carbons (Fsp3) is 0.593. The number of carbonyl (C=O) groups excluding carboxylic acids is 1. The molecule has 1 atom stereocenters. The van der Waals surface area contributed by atoms with E-state index in [0.717, 1.165) is 38.5 Å². The van der Waals surface area contributed by atoms with Crippen LogP contribution in [0.4, 0.5) is 10.1 Å². The monoisotopic (exact) mass is 487 g/mol. The third-order valence-electron chi connectivity index (χ3n) is 7.18. The molecule has 1 aromatic heterocycles. The number of halogens is 1. The number of carboxylic acid groups (broad SMARTS) is 1. The summed E-state index contributed by atoms with van der Waals surface area (Å²) in [6.07, 6.45) is 8.25. The maximum atomic E-state index is 15.2. The number of hydrogen-bond acceptors (Lipinski definition) is 4. The van der Waals surface area contributed by atoms with Gasteiger partial charge in [0.05, 0.1) is 17.6 Å². The number of aliphatic carboxylic acids is 1. The first-order chi connectivity index (χ1) is 16.7. The van der Waals surface area contributed by atoms with Gasteiger partial charge in [-0.25, -0.2) is 4.39 Å². The van der Waals surface area contributed by atoms with Crippen LogP contribution in [0.1, 0.15) is 95.5 Å². The number of nitrogens with one attached hydrogen (secondary N) is 2. The molecule has 1 aromatic carbocycles. The molecule has 0 saturated heterocycles. The van der Waals surface area contributed by atoms with Crippen LogP contribution in [-0.2, 0) is 4.79 Å². The molecule has 1 aliphatic rings. The highest BCUT2D eigenvalue weighted by Gasteiger charge is 2.25. The molecular weight excluding hydrogens is 449 g/mol. The van der Waals surface area contributed by atoms with Crippen molar-refractivity contribution in [1.29, 1.82) is 0 Å². The van der Waals surface area contributed by atoms with E-state index in [9.17, 15) is 19.5 Å². The van der Waals surface area contributed by atoms with Crippen LogP contribution in [0.15, 0.2) is 23.1 Å². The molecule has 1 saturated carbocycles. The molecule has 7 nitrogen and oxygen atoms in total. The summed E-state index contributed by atoms with van der Waals surface area (Å²) in [6.45, 7) is 7.69. The second-order valence-electron chi connectivity index (χ2n) is 10.00. The lowest BCUT2D eigenvalue weighted by Crippen LogP contribution is -2.42. The van der Waals surface area contributed by atoms with E-state index in [1.807, 2.05) is 32.3 Å². The van der Waals surface area contributed by atoms with Crippen molar-refractivity contribution < 1.29 is 19.1 Å². The van der Waals surface area contributed by atoms with Gasteiger partial charge in [-0.3, -0.25) is 14.4 Å². The Labute approximate surface area is 206 Å². The van der Waals surface area contributed by atoms with Gasteiger partial charge >= 0.3 is 5.97 Å². The van der Waals surface area contributed by atoms with E-state index in [1.54, 1.807) is 12.3 Å². The molecule has 2 aromatic rings. The molecule has 0 aliphatic heterocycles. The second-order valence-corrected chi connectivity index (χ2v) is 10.00. The van der Waals surface area contributed by atoms with Gasteiger partial charge in [-0.15, -0.1) is 0 Å². The quantitative estimate of drug-likeness (QED) is 0.412. The van der Waals surface area contributed by atoms with Gasteiger partial charge in [-0.1, -0.05) is 47.0 Å². The number of carboxylic acids is 1. The summed E-state index contributed by atoms with van der Waals surface area (Å²) in [7, 11) is 0. The molecule has 1 amide bonds. The summed E-state index contributed by atoms with van der Waals surface area (Å²) in [5.74, 6) is -2.32. The van der Waals surface area contributed by atoms with Crippen molar-refractivity contribution in [1.82, 2.24) is 9.88 Å². The van der Waals surface area contributed by atoms with Gasteiger partial charge < -0.3 is 20.3 Å². The Bertz CT molecular complexity index is 1120. The number of carbonyl (C=O) groups is 2. The molecule has 192 valence electrons. The number of rotatable bonds is 10. The van der Waals surface area contributed by atoms with Crippen LogP contribution in [0.2, 0.25) is 0 Å². The van der Waals surface area contributed by atoms with Gasteiger partial charge in [0.2, 0.25) is 5.43 Å². The first-order valence-corrected chi connectivity index (χ1v) is 12.8.